The maximum Gasteiger partial charge on any atom is 0.309 e. The van der Waals surface area contributed by atoms with Crippen molar-refractivity contribution in [3.8, 4) is 0 Å². The lowest BCUT2D eigenvalue weighted by molar-refractivity contribution is -0.139. The largest absolute Gasteiger partial charge is 0.469 e. The number of hydrogen-bond acceptors (Lipinski definition) is 3. The number of ether oxygens (including phenoxy) is 1. The molecule has 0 radical (unpaired) electrons. The first-order valence-electron chi connectivity index (χ1n) is 7.42. The van der Waals surface area contributed by atoms with Gasteiger partial charge in [-0.3, -0.25) is 9.59 Å². The second-order valence-electron chi connectivity index (χ2n) is 6.00. The third kappa shape index (κ3) is 3.84. The minimum Gasteiger partial charge on any atom is -0.469 e. The maximum atomic E-state index is 12.1. The molecule has 1 heterocycles. The van der Waals surface area contributed by atoms with Crippen molar-refractivity contribution in [1.82, 2.24) is 4.90 Å². The summed E-state index contributed by atoms with van der Waals surface area (Å²) in [4.78, 5) is 25.5. The van der Waals surface area contributed by atoms with Gasteiger partial charge in [0.25, 0.3) is 0 Å². The molecule has 0 aliphatic carbocycles. The standard InChI is InChI=1S/C17H23NO3/c1-12(2)15-8-16(19)18(11-15)10-14-7-5-4-6-13(14)9-17(20)21-3/h4-7,12,15H,8-11H2,1-3H3. The second-order valence-corrected chi connectivity index (χ2v) is 6.00. The molecule has 1 amide bonds. The zero-order chi connectivity index (χ0) is 15.4. The molecule has 0 saturated carbocycles. The number of carbonyl (C=O) groups is 2. The molecule has 1 aliphatic rings. The molecule has 4 nitrogen and oxygen atoms in total. The molecule has 0 bridgehead atoms. The van der Waals surface area contributed by atoms with E-state index in [0.717, 1.165) is 17.7 Å². The Kier molecular flexibility index (Phi) is 4.99. The highest BCUT2D eigenvalue weighted by Gasteiger charge is 2.31. The molecule has 0 N–H and O–H groups in total. The summed E-state index contributed by atoms with van der Waals surface area (Å²) < 4.78 is 4.73. The van der Waals surface area contributed by atoms with Crippen LogP contribution in [0.3, 0.4) is 0 Å². The number of methoxy groups -OCH3 is 1. The average Bonchev–Trinajstić information content (AvgIpc) is 2.82. The molecule has 21 heavy (non-hydrogen) atoms. The summed E-state index contributed by atoms with van der Waals surface area (Å²) >= 11 is 0. The predicted octanol–water partition coefficient (Wildman–Crippen LogP) is 2.41. The van der Waals surface area contributed by atoms with Crippen molar-refractivity contribution in [1.29, 1.82) is 0 Å². The third-order valence-electron chi connectivity index (χ3n) is 4.23. The normalized spacial score (nSPS) is 18.4. The number of benzene rings is 1. The van der Waals surface area contributed by atoms with Crippen molar-refractivity contribution in [3.63, 3.8) is 0 Å². The van der Waals surface area contributed by atoms with Crippen LogP contribution in [0, 0.1) is 11.8 Å². The molecule has 1 aliphatic heterocycles. The first-order chi connectivity index (χ1) is 10.0. The fourth-order valence-electron chi connectivity index (χ4n) is 2.72. The third-order valence-corrected chi connectivity index (χ3v) is 4.23. The number of amides is 1. The highest BCUT2D eigenvalue weighted by atomic mass is 16.5. The van der Waals surface area contributed by atoms with Crippen LogP contribution in [0.1, 0.15) is 31.4 Å². The van der Waals surface area contributed by atoms with Crippen molar-refractivity contribution in [2.24, 2.45) is 11.8 Å². The summed E-state index contributed by atoms with van der Waals surface area (Å²) in [5.74, 6) is 0.909. The molecular formula is C17H23NO3. The SMILES string of the molecule is COC(=O)Cc1ccccc1CN1CC(C(C)C)CC1=O. The predicted molar refractivity (Wildman–Crippen MR) is 80.5 cm³/mol. The van der Waals surface area contributed by atoms with Gasteiger partial charge in [0.15, 0.2) is 0 Å². The molecule has 0 spiro atoms. The highest BCUT2D eigenvalue weighted by Crippen LogP contribution is 2.26. The van der Waals surface area contributed by atoms with Crippen molar-refractivity contribution in [2.75, 3.05) is 13.7 Å². The van der Waals surface area contributed by atoms with Crippen LogP contribution in [0.4, 0.5) is 0 Å². The first kappa shape index (κ1) is 15.5. The monoisotopic (exact) mass is 289 g/mol. The van der Waals surface area contributed by atoms with Gasteiger partial charge in [0.1, 0.15) is 0 Å². The Balaban J connectivity index is 2.09. The summed E-state index contributed by atoms with van der Waals surface area (Å²) in [5, 5.41) is 0. The molecule has 1 fully saturated rings. The molecule has 4 heteroatoms. The van der Waals surface area contributed by atoms with Crippen LogP contribution in [-0.2, 0) is 27.3 Å². The van der Waals surface area contributed by atoms with E-state index in [1.165, 1.54) is 7.11 Å². The van der Waals surface area contributed by atoms with Gasteiger partial charge in [-0.15, -0.1) is 0 Å². The lowest BCUT2D eigenvalue weighted by atomic mass is 9.95. The van der Waals surface area contributed by atoms with Crippen LogP contribution < -0.4 is 0 Å². The van der Waals surface area contributed by atoms with E-state index in [-0.39, 0.29) is 18.3 Å². The van der Waals surface area contributed by atoms with E-state index in [1.807, 2.05) is 29.2 Å². The smallest absolute Gasteiger partial charge is 0.309 e. The summed E-state index contributed by atoms with van der Waals surface area (Å²) in [6.45, 7) is 5.71. The number of rotatable bonds is 5. The van der Waals surface area contributed by atoms with Gasteiger partial charge in [-0.1, -0.05) is 38.1 Å². The Morgan fingerprint density at radius 2 is 2.00 bits per heavy atom. The van der Waals surface area contributed by atoms with Gasteiger partial charge in [0.05, 0.1) is 13.5 Å². The van der Waals surface area contributed by atoms with E-state index in [9.17, 15) is 9.59 Å². The fourth-order valence-corrected chi connectivity index (χ4v) is 2.72. The molecule has 114 valence electrons. The summed E-state index contributed by atoms with van der Waals surface area (Å²) in [6.07, 6.45) is 0.888. The molecular weight excluding hydrogens is 266 g/mol. The van der Waals surface area contributed by atoms with Gasteiger partial charge in [0.2, 0.25) is 5.91 Å². The van der Waals surface area contributed by atoms with E-state index in [4.69, 9.17) is 4.74 Å². The molecule has 2 rings (SSSR count). The maximum absolute atomic E-state index is 12.1. The minimum absolute atomic E-state index is 0.210. The number of esters is 1. The van der Waals surface area contributed by atoms with Gasteiger partial charge in [-0.05, 0) is 23.0 Å². The lowest BCUT2D eigenvalue weighted by Gasteiger charge is -2.19. The van der Waals surface area contributed by atoms with Crippen LogP contribution in [0.2, 0.25) is 0 Å². The van der Waals surface area contributed by atoms with E-state index in [2.05, 4.69) is 13.8 Å². The Morgan fingerprint density at radius 1 is 1.33 bits per heavy atom. The number of nitrogens with zero attached hydrogens (tertiary/aromatic N) is 1. The number of likely N-dealkylation sites (tertiary alicyclic amines) is 1. The summed E-state index contributed by atoms with van der Waals surface area (Å²) in [6, 6.07) is 7.75. The van der Waals surface area contributed by atoms with Crippen LogP contribution in [0.25, 0.3) is 0 Å². The number of hydrogen-bond donors (Lipinski definition) is 0. The summed E-state index contributed by atoms with van der Waals surface area (Å²) in [7, 11) is 1.39. The zero-order valence-corrected chi connectivity index (χ0v) is 13.0. The van der Waals surface area contributed by atoms with Gasteiger partial charge in [-0.25, -0.2) is 0 Å². The van der Waals surface area contributed by atoms with Crippen molar-refractivity contribution in [2.45, 2.75) is 33.2 Å². The Hall–Kier alpha value is -1.84. The molecule has 1 saturated heterocycles. The van der Waals surface area contributed by atoms with Crippen molar-refractivity contribution in [3.05, 3.63) is 35.4 Å². The van der Waals surface area contributed by atoms with Gasteiger partial charge in [0, 0.05) is 19.5 Å². The number of carbonyl (C=O) groups excluding carboxylic acids is 2. The zero-order valence-electron chi connectivity index (χ0n) is 13.0. The Bertz CT molecular complexity index is 525. The molecule has 1 aromatic carbocycles. The van der Waals surface area contributed by atoms with Gasteiger partial charge >= 0.3 is 5.97 Å². The lowest BCUT2D eigenvalue weighted by Crippen LogP contribution is -2.26. The highest BCUT2D eigenvalue weighted by molar-refractivity contribution is 5.79. The first-order valence-corrected chi connectivity index (χ1v) is 7.42. The second kappa shape index (κ2) is 6.74. The molecule has 1 unspecified atom stereocenters. The van der Waals surface area contributed by atoms with Crippen LogP contribution >= 0.6 is 0 Å². The van der Waals surface area contributed by atoms with Crippen LogP contribution in [-0.4, -0.2) is 30.4 Å². The molecule has 1 atom stereocenters. The molecule has 1 aromatic rings. The van der Waals surface area contributed by atoms with Crippen molar-refractivity contribution >= 4 is 11.9 Å². The topological polar surface area (TPSA) is 46.6 Å². The Morgan fingerprint density at radius 3 is 2.57 bits per heavy atom. The summed E-state index contributed by atoms with van der Waals surface area (Å²) in [5.41, 5.74) is 1.96. The van der Waals surface area contributed by atoms with E-state index in [1.54, 1.807) is 0 Å². The van der Waals surface area contributed by atoms with Crippen molar-refractivity contribution < 1.29 is 14.3 Å². The van der Waals surface area contributed by atoms with Crippen LogP contribution in [0.15, 0.2) is 24.3 Å². The van der Waals surface area contributed by atoms with Crippen LogP contribution in [0.5, 0.6) is 0 Å². The molecule has 0 aromatic heterocycles. The van der Waals surface area contributed by atoms with Gasteiger partial charge in [-0.2, -0.15) is 0 Å². The fraction of sp³-hybridized carbons (Fsp3) is 0.529. The van der Waals surface area contributed by atoms with E-state index < -0.39 is 0 Å². The van der Waals surface area contributed by atoms with E-state index in [0.29, 0.717) is 24.8 Å². The Labute approximate surface area is 126 Å². The van der Waals surface area contributed by atoms with E-state index >= 15 is 0 Å². The quantitative estimate of drug-likeness (QED) is 0.782. The average molecular weight is 289 g/mol. The van der Waals surface area contributed by atoms with Gasteiger partial charge < -0.3 is 9.64 Å². The minimum atomic E-state index is -0.254.